The molecule has 0 aliphatic carbocycles. The smallest absolute Gasteiger partial charge is 0.130 e. The van der Waals surface area contributed by atoms with Crippen molar-refractivity contribution in [3.05, 3.63) is 35.4 Å². The van der Waals surface area contributed by atoms with E-state index in [9.17, 15) is 8.78 Å². The Kier molecular flexibility index (Phi) is 4.07. The third-order valence-corrected chi connectivity index (χ3v) is 3.21. The van der Waals surface area contributed by atoms with Gasteiger partial charge in [0, 0.05) is 31.2 Å². The summed E-state index contributed by atoms with van der Waals surface area (Å²) in [5, 5.41) is 3.19. The average Bonchev–Trinajstić information content (AvgIpc) is 2.21. The highest BCUT2D eigenvalue weighted by atomic mass is 19.1. The van der Waals surface area contributed by atoms with Gasteiger partial charge in [0.15, 0.2) is 0 Å². The van der Waals surface area contributed by atoms with E-state index >= 15 is 0 Å². The monoisotopic (exact) mass is 240 g/mol. The van der Waals surface area contributed by atoms with Gasteiger partial charge in [0.2, 0.25) is 0 Å². The summed E-state index contributed by atoms with van der Waals surface area (Å²) in [5.74, 6) is -0.892. The molecule has 0 bridgehead atoms. The Hall–Kier alpha value is -1.00. The molecule has 1 saturated heterocycles. The highest BCUT2D eigenvalue weighted by Crippen LogP contribution is 2.17. The lowest BCUT2D eigenvalue weighted by molar-refractivity contribution is 0.134. The van der Waals surface area contributed by atoms with Crippen molar-refractivity contribution >= 4 is 0 Å². The lowest BCUT2D eigenvalue weighted by atomic mass is 10.1. The van der Waals surface area contributed by atoms with Crippen LogP contribution in [0.3, 0.4) is 0 Å². The first-order chi connectivity index (χ1) is 8.22. The minimum atomic E-state index is -0.446. The van der Waals surface area contributed by atoms with Crippen molar-refractivity contribution in [1.29, 1.82) is 0 Å². The molecule has 1 N–H and O–H groups in total. The van der Waals surface area contributed by atoms with Crippen LogP contribution in [0.2, 0.25) is 0 Å². The number of hydrogen-bond donors (Lipinski definition) is 1. The van der Waals surface area contributed by atoms with Gasteiger partial charge in [-0.15, -0.1) is 0 Å². The van der Waals surface area contributed by atoms with Crippen molar-refractivity contribution in [2.75, 3.05) is 19.6 Å². The molecule has 17 heavy (non-hydrogen) atoms. The van der Waals surface area contributed by atoms with Crippen molar-refractivity contribution in [2.45, 2.75) is 25.9 Å². The summed E-state index contributed by atoms with van der Waals surface area (Å²) in [6.07, 6.45) is 0.993. The molecule has 1 aromatic rings. The van der Waals surface area contributed by atoms with E-state index in [0.29, 0.717) is 12.6 Å². The second-order valence-corrected chi connectivity index (χ2v) is 4.48. The van der Waals surface area contributed by atoms with Crippen LogP contribution in [0.25, 0.3) is 0 Å². The Morgan fingerprint density at radius 1 is 1.29 bits per heavy atom. The predicted octanol–water partition coefficient (Wildman–Crippen LogP) is 2.15. The molecule has 1 aliphatic rings. The molecule has 0 saturated carbocycles. The van der Waals surface area contributed by atoms with Crippen LogP contribution >= 0.6 is 0 Å². The Morgan fingerprint density at radius 3 is 2.41 bits per heavy atom. The van der Waals surface area contributed by atoms with E-state index < -0.39 is 11.6 Å². The maximum atomic E-state index is 13.6. The number of hydrogen-bond acceptors (Lipinski definition) is 2. The fourth-order valence-electron chi connectivity index (χ4n) is 2.10. The molecule has 1 heterocycles. The van der Waals surface area contributed by atoms with Crippen molar-refractivity contribution in [3.8, 4) is 0 Å². The summed E-state index contributed by atoms with van der Waals surface area (Å²) in [7, 11) is 0. The van der Waals surface area contributed by atoms with Gasteiger partial charge < -0.3 is 5.32 Å². The molecule has 2 nitrogen and oxygen atoms in total. The van der Waals surface area contributed by atoms with Crippen LogP contribution in [-0.2, 0) is 6.54 Å². The van der Waals surface area contributed by atoms with Crippen LogP contribution in [0.1, 0.15) is 18.9 Å². The molecule has 0 spiro atoms. The van der Waals surface area contributed by atoms with Gasteiger partial charge in [0.25, 0.3) is 0 Å². The molecule has 1 aliphatic heterocycles. The molecule has 2 rings (SSSR count). The zero-order valence-corrected chi connectivity index (χ0v) is 10.0. The van der Waals surface area contributed by atoms with Gasteiger partial charge in [-0.2, -0.15) is 0 Å². The topological polar surface area (TPSA) is 15.3 Å². The Bertz CT molecular complexity index is 357. The second kappa shape index (κ2) is 5.56. The van der Waals surface area contributed by atoms with Crippen LogP contribution in [0.15, 0.2) is 18.2 Å². The number of nitrogens with zero attached hydrogens (tertiary/aromatic N) is 1. The lowest BCUT2D eigenvalue weighted by Crippen LogP contribution is -2.57. The highest BCUT2D eigenvalue weighted by Gasteiger charge is 2.25. The van der Waals surface area contributed by atoms with E-state index in [-0.39, 0.29) is 5.56 Å². The molecular formula is C13H18F2N2. The molecule has 0 aromatic heterocycles. The van der Waals surface area contributed by atoms with Crippen LogP contribution in [0.4, 0.5) is 8.78 Å². The van der Waals surface area contributed by atoms with E-state index in [4.69, 9.17) is 0 Å². The molecule has 1 aromatic carbocycles. The quantitative estimate of drug-likeness (QED) is 0.848. The minimum Gasteiger partial charge on any atom is -0.314 e. The highest BCUT2D eigenvalue weighted by molar-refractivity contribution is 5.19. The number of nitrogens with one attached hydrogen (secondary N) is 1. The zero-order chi connectivity index (χ0) is 12.3. The molecule has 0 amide bonds. The standard InChI is InChI=1S/C13H18F2N2/c1-2-6-17(10-7-16-8-10)9-11-12(14)4-3-5-13(11)15/h3-5,10,16H,2,6-9H2,1H3. The average molecular weight is 240 g/mol. The normalized spacial score (nSPS) is 16.2. The molecule has 1 fully saturated rings. The maximum Gasteiger partial charge on any atom is 0.130 e. The summed E-state index contributed by atoms with van der Waals surface area (Å²) in [6.45, 7) is 5.14. The van der Waals surface area contributed by atoms with Gasteiger partial charge >= 0.3 is 0 Å². The SMILES string of the molecule is CCCN(Cc1c(F)cccc1F)C1CNC1. The van der Waals surface area contributed by atoms with E-state index in [1.807, 2.05) is 0 Å². The fourth-order valence-corrected chi connectivity index (χ4v) is 2.10. The summed E-state index contributed by atoms with van der Waals surface area (Å²) in [6, 6.07) is 4.46. The van der Waals surface area contributed by atoms with E-state index in [0.717, 1.165) is 26.1 Å². The second-order valence-electron chi connectivity index (χ2n) is 4.48. The van der Waals surface area contributed by atoms with Crippen LogP contribution in [0, 0.1) is 11.6 Å². The largest absolute Gasteiger partial charge is 0.314 e. The Morgan fingerprint density at radius 2 is 1.94 bits per heavy atom. The van der Waals surface area contributed by atoms with E-state index in [1.165, 1.54) is 18.2 Å². The van der Waals surface area contributed by atoms with Crippen LogP contribution in [-0.4, -0.2) is 30.6 Å². The number of halogens is 2. The summed E-state index contributed by atoms with van der Waals surface area (Å²) >= 11 is 0. The third kappa shape index (κ3) is 2.82. The lowest BCUT2D eigenvalue weighted by Gasteiger charge is -2.38. The fraction of sp³-hybridized carbons (Fsp3) is 0.538. The van der Waals surface area contributed by atoms with Crippen LogP contribution < -0.4 is 5.32 Å². The van der Waals surface area contributed by atoms with Crippen molar-refractivity contribution in [3.63, 3.8) is 0 Å². The molecule has 4 heteroatoms. The van der Waals surface area contributed by atoms with Gasteiger partial charge in [0.05, 0.1) is 0 Å². The van der Waals surface area contributed by atoms with Gasteiger partial charge in [-0.1, -0.05) is 13.0 Å². The van der Waals surface area contributed by atoms with Gasteiger partial charge in [0.1, 0.15) is 11.6 Å². The van der Waals surface area contributed by atoms with Gasteiger partial charge in [-0.05, 0) is 25.1 Å². The first-order valence-corrected chi connectivity index (χ1v) is 6.10. The first kappa shape index (κ1) is 12.5. The van der Waals surface area contributed by atoms with E-state index in [1.54, 1.807) is 0 Å². The Balaban J connectivity index is 2.10. The Labute approximate surface area is 101 Å². The van der Waals surface area contributed by atoms with Gasteiger partial charge in [-0.3, -0.25) is 4.90 Å². The molecule has 0 atom stereocenters. The number of benzene rings is 1. The predicted molar refractivity (Wildman–Crippen MR) is 63.7 cm³/mol. The van der Waals surface area contributed by atoms with Crippen molar-refractivity contribution in [1.82, 2.24) is 10.2 Å². The summed E-state index contributed by atoms with van der Waals surface area (Å²) in [4.78, 5) is 2.15. The maximum absolute atomic E-state index is 13.6. The molecule has 94 valence electrons. The third-order valence-electron chi connectivity index (χ3n) is 3.21. The molecular weight excluding hydrogens is 222 g/mol. The molecule has 0 unspecified atom stereocenters. The summed E-state index contributed by atoms with van der Waals surface area (Å²) in [5.41, 5.74) is 0.188. The number of rotatable bonds is 5. The van der Waals surface area contributed by atoms with E-state index in [2.05, 4.69) is 17.1 Å². The van der Waals surface area contributed by atoms with Crippen molar-refractivity contribution < 1.29 is 8.78 Å². The minimum absolute atomic E-state index is 0.188. The molecule has 0 radical (unpaired) electrons. The van der Waals surface area contributed by atoms with Crippen LogP contribution in [0.5, 0.6) is 0 Å². The van der Waals surface area contributed by atoms with Gasteiger partial charge in [-0.25, -0.2) is 8.78 Å². The summed E-state index contributed by atoms with van der Waals surface area (Å²) < 4.78 is 27.1. The van der Waals surface area contributed by atoms with Crippen molar-refractivity contribution in [2.24, 2.45) is 0 Å². The zero-order valence-electron chi connectivity index (χ0n) is 10.0. The first-order valence-electron chi connectivity index (χ1n) is 6.10.